The molecular weight excluding hydrogens is 418 g/mol. The molecule has 1 aromatic carbocycles. The first-order valence-corrected chi connectivity index (χ1v) is 12.2. The van der Waals surface area contributed by atoms with Crippen LogP contribution in [0, 0.1) is 0 Å². The van der Waals surface area contributed by atoms with Crippen LogP contribution in [0.4, 0.5) is 33.6 Å². The number of hydrogen-bond donors (Lipinski definition) is 2. The molecule has 2 aromatic rings. The van der Waals surface area contributed by atoms with Gasteiger partial charge in [-0.25, -0.2) is 23.2 Å². The molecule has 1 aliphatic carbocycles. The van der Waals surface area contributed by atoms with Crippen molar-refractivity contribution in [2.24, 2.45) is 0 Å². The predicted octanol–water partition coefficient (Wildman–Crippen LogP) is 3.15. The fraction of sp³-hybridized carbons (Fsp3) is 0.450. The molecule has 2 aliphatic rings. The van der Waals surface area contributed by atoms with E-state index in [1.165, 1.54) is 0 Å². The third-order valence-corrected chi connectivity index (χ3v) is 6.12. The van der Waals surface area contributed by atoms with E-state index >= 15 is 0 Å². The molecule has 1 aliphatic heterocycles. The van der Waals surface area contributed by atoms with Gasteiger partial charge in [0.15, 0.2) is 5.82 Å². The van der Waals surface area contributed by atoms with E-state index in [1.807, 2.05) is 11.9 Å². The zero-order chi connectivity index (χ0) is 22.2. The van der Waals surface area contributed by atoms with Gasteiger partial charge in [-0.1, -0.05) is 12.8 Å². The predicted molar refractivity (Wildman–Crippen MR) is 121 cm³/mol. The number of rotatable bonds is 6. The fourth-order valence-corrected chi connectivity index (χ4v) is 4.65. The van der Waals surface area contributed by atoms with E-state index in [0.717, 1.165) is 37.6 Å². The van der Waals surface area contributed by atoms with E-state index in [-0.39, 0.29) is 12.1 Å². The summed E-state index contributed by atoms with van der Waals surface area (Å²) in [5, 5.41) is 6.96. The van der Waals surface area contributed by atoms with Crippen molar-refractivity contribution in [3.63, 3.8) is 0 Å². The molecule has 1 fully saturated rings. The van der Waals surface area contributed by atoms with Crippen molar-refractivity contribution >= 4 is 44.9 Å². The maximum Gasteiger partial charge on any atom is 0.343 e. The van der Waals surface area contributed by atoms with Gasteiger partial charge in [0.05, 0.1) is 18.5 Å². The van der Waals surface area contributed by atoms with Crippen molar-refractivity contribution in [3.8, 4) is 0 Å². The highest BCUT2D eigenvalue weighted by molar-refractivity contribution is 7.92. The zero-order valence-corrected chi connectivity index (χ0v) is 18.7. The van der Waals surface area contributed by atoms with Crippen LogP contribution in [0.15, 0.2) is 30.5 Å². The molecule has 1 saturated carbocycles. The van der Waals surface area contributed by atoms with Gasteiger partial charge in [-0.15, -0.1) is 0 Å². The van der Waals surface area contributed by atoms with Gasteiger partial charge in [-0.2, -0.15) is 4.98 Å². The smallest absolute Gasteiger partial charge is 0.324 e. The molecular formula is C20H27N7O3S. The number of nitrogens with one attached hydrogen (secondary N) is 2. The van der Waals surface area contributed by atoms with Gasteiger partial charge in [-0.3, -0.25) is 14.6 Å². The van der Waals surface area contributed by atoms with Crippen LogP contribution in [-0.4, -0.2) is 55.3 Å². The summed E-state index contributed by atoms with van der Waals surface area (Å²) in [6.45, 7) is 2.52. The van der Waals surface area contributed by atoms with Gasteiger partial charge in [-0.05, 0) is 44.0 Å². The van der Waals surface area contributed by atoms with E-state index in [4.69, 9.17) is 4.98 Å². The second-order valence-corrected chi connectivity index (χ2v) is 9.57. The standard InChI is InChI=1S/C20H27N7O3S/c1-4-26-20(28)25(2)17-13-21-19(23-18(17)27(26)16-7-5-6-8-16)22-14-9-11-15(12-10-14)24-31(3,29)30/h9-13,16,24H,4-8H2,1-3H3,(H,21,22,23). The monoisotopic (exact) mass is 445 g/mol. The van der Waals surface area contributed by atoms with Crippen molar-refractivity contribution in [1.82, 2.24) is 15.0 Å². The van der Waals surface area contributed by atoms with Crippen LogP contribution in [0.2, 0.25) is 0 Å². The number of sulfonamides is 1. The number of hydrazine groups is 1. The number of fused-ring (bicyclic) bond motifs is 1. The lowest BCUT2D eigenvalue weighted by Crippen LogP contribution is -2.59. The molecule has 2 N–H and O–H groups in total. The SMILES string of the molecule is CCN1C(=O)N(C)c2cnc(Nc3ccc(NS(C)(=O)=O)cc3)nc2N1C1CCCC1. The Labute approximate surface area is 182 Å². The lowest BCUT2D eigenvalue weighted by molar-refractivity contribution is 0.191. The number of urea groups is 1. The van der Waals surface area contributed by atoms with Crippen molar-refractivity contribution in [3.05, 3.63) is 30.5 Å². The molecule has 0 saturated heterocycles. The number of nitrogens with zero attached hydrogens (tertiary/aromatic N) is 5. The van der Waals surface area contributed by atoms with E-state index in [1.54, 1.807) is 47.4 Å². The number of hydrogen-bond acceptors (Lipinski definition) is 7. The molecule has 0 radical (unpaired) electrons. The molecule has 0 spiro atoms. The van der Waals surface area contributed by atoms with E-state index < -0.39 is 10.0 Å². The Bertz CT molecular complexity index is 1070. The number of amides is 2. The molecule has 10 nitrogen and oxygen atoms in total. The minimum Gasteiger partial charge on any atom is -0.324 e. The molecule has 31 heavy (non-hydrogen) atoms. The third kappa shape index (κ3) is 4.36. The van der Waals surface area contributed by atoms with Gasteiger partial charge < -0.3 is 5.32 Å². The largest absolute Gasteiger partial charge is 0.343 e. The first-order valence-electron chi connectivity index (χ1n) is 10.3. The Morgan fingerprint density at radius 2 is 1.77 bits per heavy atom. The van der Waals surface area contributed by atoms with Gasteiger partial charge in [0, 0.05) is 25.0 Å². The van der Waals surface area contributed by atoms with Crippen LogP contribution in [-0.2, 0) is 10.0 Å². The molecule has 1 aromatic heterocycles. The van der Waals surface area contributed by atoms with Crippen molar-refractivity contribution in [2.45, 2.75) is 38.6 Å². The van der Waals surface area contributed by atoms with Gasteiger partial charge >= 0.3 is 6.03 Å². The van der Waals surface area contributed by atoms with Crippen molar-refractivity contribution < 1.29 is 13.2 Å². The van der Waals surface area contributed by atoms with Crippen LogP contribution in [0.1, 0.15) is 32.6 Å². The Kier molecular flexibility index (Phi) is 5.61. The zero-order valence-electron chi connectivity index (χ0n) is 17.9. The summed E-state index contributed by atoms with van der Waals surface area (Å²) in [5.74, 6) is 1.12. The number of carbonyl (C=O) groups is 1. The Morgan fingerprint density at radius 3 is 2.39 bits per heavy atom. The van der Waals surface area contributed by atoms with Crippen LogP contribution >= 0.6 is 0 Å². The molecule has 2 heterocycles. The summed E-state index contributed by atoms with van der Waals surface area (Å²) in [7, 11) is -1.59. The number of carbonyl (C=O) groups excluding carboxylic acids is 1. The van der Waals surface area contributed by atoms with Crippen molar-refractivity contribution in [2.75, 3.05) is 39.8 Å². The third-order valence-electron chi connectivity index (χ3n) is 5.51. The molecule has 166 valence electrons. The van der Waals surface area contributed by atoms with Gasteiger partial charge in [0.1, 0.15) is 5.69 Å². The maximum absolute atomic E-state index is 12.9. The Balaban J connectivity index is 1.63. The number of benzene rings is 1. The Hall–Kier alpha value is -3.08. The second kappa shape index (κ2) is 8.22. The highest BCUT2D eigenvalue weighted by atomic mass is 32.2. The minimum atomic E-state index is -3.33. The number of aromatic nitrogens is 2. The van der Waals surface area contributed by atoms with Crippen molar-refractivity contribution in [1.29, 1.82) is 0 Å². The van der Waals surface area contributed by atoms with Crippen LogP contribution in [0.5, 0.6) is 0 Å². The average molecular weight is 446 g/mol. The molecule has 0 unspecified atom stereocenters. The van der Waals surface area contributed by atoms with Crippen LogP contribution < -0.4 is 19.9 Å². The quantitative estimate of drug-likeness (QED) is 0.703. The average Bonchev–Trinajstić information content (AvgIpc) is 3.25. The molecule has 4 rings (SSSR count). The lowest BCUT2D eigenvalue weighted by Gasteiger charge is -2.45. The second-order valence-electron chi connectivity index (χ2n) is 7.82. The number of anilines is 5. The summed E-state index contributed by atoms with van der Waals surface area (Å²) in [5.41, 5.74) is 1.88. The van der Waals surface area contributed by atoms with E-state index in [9.17, 15) is 13.2 Å². The first kappa shape index (κ1) is 21.2. The molecule has 0 bridgehead atoms. The summed E-state index contributed by atoms with van der Waals surface area (Å²) < 4.78 is 25.2. The summed E-state index contributed by atoms with van der Waals surface area (Å²) in [4.78, 5) is 23.6. The lowest BCUT2D eigenvalue weighted by atomic mass is 10.2. The minimum absolute atomic E-state index is 0.0832. The van der Waals surface area contributed by atoms with Gasteiger partial charge in [0.2, 0.25) is 16.0 Å². The van der Waals surface area contributed by atoms with E-state index in [0.29, 0.717) is 29.7 Å². The molecule has 2 amide bonds. The normalized spacial score (nSPS) is 17.1. The van der Waals surface area contributed by atoms with Crippen LogP contribution in [0.25, 0.3) is 0 Å². The fourth-order valence-electron chi connectivity index (χ4n) is 4.09. The highest BCUT2D eigenvalue weighted by Gasteiger charge is 2.39. The maximum atomic E-state index is 12.9. The van der Waals surface area contributed by atoms with Gasteiger partial charge in [0.25, 0.3) is 0 Å². The molecule has 0 atom stereocenters. The van der Waals surface area contributed by atoms with E-state index in [2.05, 4.69) is 15.0 Å². The van der Waals surface area contributed by atoms with Crippen LogP contribution in [0.3, 0.4) is 0 Å². The summed E-state index contributed by atoms with van der Waals surface area (Å²) in [6.07, 6.45) is 7.10. The molecule has 11 heteroatoms. The highest BCUT2D eigenvalue weighted by Crippen LogP contribution is 2.38. The summed E-state index contributed by atoms with van der Waals surface area (Å²) in [6, 6.07) is 6.98. The topological polar surface area (TPSA) is 111 Å². The summed E-state index contributed by atoms with van der Waals surface area (Å²) >= 11 is 0. The Morgan fingerprint density at radius 1 is 1.13 bits per heavy atom. The first-order chi connectivity index (χ1) is 14.8.